The summed E-state index contributed by atoms with van der Waals surface area (Å²) in [6.45, 7) is -0.282. The van der Waals surface area contributed by atoms with Crippen LogP contribution in [0.25, 0.3) is 0 Å². The van der Waals surface area contributed by atoms with Gasteiger partial charge in [0.15, 0.2) is 0 Å². The fourth-order valence-electron chi connectivity index (χ4n) is 1.72. The van der Waals surface area contributed by atoms with E-state index in [4.69, 9.17) is 0 Å². The van der Waals surface area contributed by atoms with Gasteiger partial charge in [0.2, 0.25) is 10.0 Å². The molecule has 2 aromatic rings. The first-order valence-electron chi connectivity index (χ1n) is 6.26. The molecule has 0 aromatic heterocycles. The summed E-state index contributed by atoms with van der Waals surface area (Å²) in [5.74, 6) is -1.10. The smallest absolute Gasteiger partial charge is 0.406 e. The quantitative estimate of drug-likeness (QED) is 0.844. The fraction of sp³-hybridized carbons (Fsp3) is 0.143. The second-order valence-electron chi connectivity index (χ2n) is 4.44. The van der Waals surface area contributed by atoms with Gasteiger partial charge in [0.1, 0.15) is 11.6 Å². The van der Waals surface area contributed by atoms with Gasteiger partial charge in [0, 0.05) is 12.1 Å². The minimum atomic E-state index is -4.86. The topological polar surface area (TPSA) is 55.4 Å². The van der Waals surface area contributed by atoms with E-state index in [0.717, 1.165) is 24.3 Å². The molecule has 0 aliphatic heterocycles. The largest absolute Gasteiger partial charge is 0.573 e. The van der Waals surface area contributed by atoms with Crippen LogP contribution in [-0.4, -0.2) is 14.8 Å². The Morgan fingerprint density at radius 1 is 1.00 bits per heavy atom. The van der Waals surface area contributed by atoms with E-state index >= 15 is 0 Å². The van der Waals surface area contributed by atoms with E-state index in [1.807, 2.05) is 0 Å². The number of sulfonamides is 1. The molecule has 23 heavy (non-hydrogen) atoms. The highest BCUT2D eigenvalue weighted by Gasteiger charge is 2.31. The molecule has 4 nitrogen and oxygen atoms in total. The molecule has 9 heteroatoms. The molecule has 0 amide bonds. The van der Waals surface area contributed by atoms with Crippen LogP contribution < -0.4 is 9.46 Å². The molecule has 0 radical (unpaired) electrons. The summed E-state index contributed by atoms with van der Waals surface area (Å²) < 4.78 is 79.4. The molecule has 2 aromatic carbocycles. The molecule has 2 rings (SSSR count). The first-order chi connectivity index (χ1) is 10.7. The number of halogens is 4. The molecule has 0 unspecified atom stereocenters. The Balaban J connectivity index is 2.09. The second-order valence-corrected chi connectivity index (χ2v) is 6.20. The van der Waals surface area contributed by atoms with Crippen LogP contribution in [0.1, 0.15) is 5.56 Å². The van der Waals surface area contributed by atoms with E-state index in [1.54, 1.807) is 6.07 Å². The van der Waals surface area contributed by atoms with Gasteiger partial charge in [-0.1, -0.05) is 18.2 Å². The molecule has 0 aliphatic rings. The molecule has 0 aliphatic carbocycles. The molecule has 0 atom stereocenters. The molecule has 0 fully saturated rings. The van der Waals surface area contributed by atoms with Crippen molar-refractivity contribution in [3.05, 3.63) is 59.9 Å². The fourth-order valence-corrected chi connectivity index (χ4v) is 2.72. The van der Waals surface area contributed by atoms with Crippen molar-refractivity contribution in [2.45, 2.75) is 17.8 Å². The van der Waals surface area contributed by atoms with Crippen LogP contribution in [0.5, 0.6) is 5.75 Å². The number of nitrogens with one attached hydrogen (secondary N) is 1. The lowest BCUT2D eigenvalue weighted by Crippen LogP contribution is -2.23. The summed E-state index contributed by atoms with van der Waals surface area (Å²) >= 11 is 0. The van der Waals surface area contributed by atoms with Gasteiger partial charge >= 0.3 is 6.36 Å². The summed E-state index contributed by atoms with van der Waals surface area (Å²) in [4.78, 5) is -0.261. The molecule has 0 saturated carbocycles. The number of hydrogen-bond donors (Lipinski definition) is 1. The van der Waals surface area contributed by atoms with Crippen molar-refractivity contribution in [1.82, 2.24) is 4.72 Å². The van der Waals surface area contributed by atoms with E-state index < -0.39 is 28.0 Å². The van der Waals surface area contributed by atoms with E-state index in [0.29, 0.717) is 0 Å². The van der Waals surface area contributed by atoms with Gasteiger partial charge in [0.05, 0.1) is 4.90 Å². The van der Waals surface area contributed by atoms with Crippen molar-refractivity contribution < 1.29 is 30.7 Å². The van der Waals surface area contributed by atoms with Crippen LogP contribution in [0.2, 0.25) is 0 Å². The number of rotatable bonds is 5. The molecule has 124 valence electrons. The molecule has 1 N–H and O–H groups in total. The zero-order valence-electron chi connectivity index (χ0n) is 11.5. The van der Waals surface area contributed by atoms with E-state index in [9.17, 15) is 26.0 Å². The maximum absolute atomic E-state index is 13.4. The number of hydrogen-bond acceptors (Lipinski definition) is 3. The van der Waals surface area contributed by atoms with Gasteiger partial charge in [-0.25, -0.2) is 17.5 Å². The van der Waals surface area contributed by atoms with Crippen LogP contribution in [0.4, 0.5) is 17.6 Å². The Hall–Kier alpha value is -2.13. The number of benzene rings is 2. The van der Waals surface area contributed by atoms with Crippen molar-refractivity contribution in [1.29, 1.82) is 0 Å². The minimum absolute atomic E-state index is 0.146. The lowest BCUT2D eigenvalue weighted by molar-refractivity contribution is -0.274. The van der Waals surface area contributed by atoms with Crippen molar-refractivity contribution in [3.8, 4) is 5.75 Å². The first kappa shape index (κ1) is 17.2. The third-order valence-electron chi connectivity index (χ3n) is 2.78. The van der Waals surface area contributed by atoms with Crippen LogP contribution >= 0.6 is 0 Å². The van der Waals surface area contributed by atoms with Crippen LogP contribution in [0.15, 0.2) is 53.4 Å². The van der Waals surface area contributed by atoms with Crippen LogP contribution in [0.3, 0.4) is 0 Å². The SMILES string of the molecule is O=S(=O)(NCc1ccccc1F)c1ccc(OC(F)(F)F)cc1. The van der Waals surface area contributed by atoms with Crippen LogP contribution in [-0.2, 0) is 16.6 Å². The van der Waals surface area contributed by atoms with Gasteiger partial charge in [-0.15, -0.1) is 13.2 Å². The Morgan fingerprint density at radius 3 is 2.17 bits per heavy atom. The molecular weight excluding hydrogens is 338 g/mol. The Bertz CT molecular complexity index is 773. The van der Waals surface area contributed by atoms with Gasteiger partial charge in [-0.2, -0.15) is 0 Å². The molecule has 0 bridgehead atoms. The zero-order chi connectivity index (χ0) is 17.1. The Labute approximate surface area is 129 Å². The van der Waals surface area contributed by atoms with Crippen LogP contribution in [0, 0.1) is 5.82 Å². The maximum atomic E-state index is 13.4. The summed E-state index contributed by atoms with van der Waals surface area (Å²) in [7, 11) is -3.99. The predicted molar refractivity (Wildman–Crippen MR) is 73.6 cm³/mol. The normalized spacial score (nSPS) is 12.2. The molecular formula is C14H11F4NO3S. The third kappa shape index (κ3) is 4.93. The van der Waals surface area contributed by atoms with Gasteiger partial charge < -0.3 is 4.74 Å². The Morgan fingerprint density at radius 2 is 1.61 bits per heavy atom. The van der Waals surface area contributed by atoms with Gasteiger partial charge in [-0.3, -0.25) is 0 Å². The van der Waals surface area contributed by atoms with Crippen molar-refractivity contribution in [2.24, 2.45) is 0 Å². The predicted octanol–water partition coefficient (Wildman–Crippen LogP) is 3.20. The average molecular weight is 349 g/mol. The lowest BCUT2D eigenvalue weighted by Gasteiger charge is -2.10. The summed E-state index contributed by atoms with van der Waals surface area (Å²) in [5, 5.41) is 0. The number of alkyl halides is 3. The third-order valence-corrected chi connectivity index (χ3v) is 4.20. The molecule has 0 saturated heterocycles. The Kier molecular flexibility index (Phi) is 4.90. The van der Waals surface area contributed by atoms with Gasteiger partial charge in [-0.05, 0) is 30.3 Å². The summed E-state index contributed by atoms with van der Waals surface area (Å²) in [6, 6.07) is 9.31. The molecule has 0 spiro atoms. The maximum Gasteiger partial charge on any atom is 0.573 e. The van der Waals surface area contributed by atoms with Crippen molar-refractivity contribution >= 4 is 10.0 Å². The first-order valence-corrected chi connectivity index (χ1v) is 7.74. The summed E-state index contributed by atoms with van der Waals surface area (Å²) in [6.07, 6.45) is -4.86. The lowest BCUT2D eigenvalue weighted by atomic mass is 10.2. The van der Waals surface area contributed by atoms with Crippen molar-refractivity contribution in [2.75, 3.05) is 0 Å². The highest BCUT2D eigenvalue weighted by atomic mass is 32.2. The van der Waals surface area contributed by atoms with Crippen molar-refractivity contribution in [3.63, 3.8) is 0 Å². The monoisotopic (exact) mass is 349 g/mol. The van der Waals surface area contributed by atoms with E-state index in [2.05, 4.69) is 9.46 Å². The highest BCUT2D eigenvalue weighted by molar-refractivity contribution is 7.89. The average Bonchev–Trinajstić information content (AvgIpc) is 2.45. The second kappa shape index (κ2) is 6.55. The zero-order valence-corrected chi connectivity index (χ0v) is 12.3. The molecule has 0 heterocycles. The van der Waals surface area contributed by atoms with E-state index in [-0.39, 0.29) is 17.0 Å². The van der Waals surface area contributed by atoms with E-state index in [1.165, 1.54) is 18.2 Å². The number of ether oxygens (including phenoxy) is 1. The standard InChI is InChI=1S/C14H11F4NO3S/c15-13-4-2-1-3-10(13)9-19-23(20,21)12-7-5-11(6-8-12)22-14(16,17)18/h1-8,19H,9H2. The summed E-state index contributed by atoms with van der Waals surface area (Å²) in [5.41, 5.74) is 0.146. The van der Waals surface area contributed by atoms with Gasteiger partial charge in [0.25, 0.3) is 0 Å². The minimum Gasteiger partial charge on any atom is -0.406 e. The highest BCUT2D eigenvalue weighted by Crippen LogP contribution is 2.23.